The Balaban J connectivity index is 1.34. The van der Waals surface area contributed by atoms with Gasteiger partial charge in [0.2, 0.25) is 0 Å². The lowest BCUT2D eigenvalue weighted by atomic mass is 9.84. The van der Waals surface area contributed by atoms with Crippen molar-refractivity contribution in [3.05, 3.63) is 29.6 Å². The van der Waals surface area contributed by atoms with Crippen LogP contribution in [0.3, 0.4) is 0 Å². The maximum Gasteiger partial charge on any atom is 0.255 e. The van der Waals surface area contributed by atoms with Crippen LogP contribution >= 0.6 is 0 Å². The van der Waals surface area contributed by atoms with Crippen LogP contribution in [0.4, 0.5) is 0 Å². The van der Waals surface area contributed by atoms with Crippen LogP contribution in [-0.4, -0.2) is 79.3 Å². The number of aromatic nitrogens is 1. The Kier molecular flexibility index (Phi) is 5.01. The Morgan fingerprint density at radius 3 is 2.88 bits per heavy atom. The van der Waals surface area contributed by atoms with Crippen molar-refractivity contribution in [3.63, 3.8) is 0 Å². The van der Waals surface area contributed by atoms with E-state index < -0.39 is 0 Å². The summed E-state index contributed by atoms with van der Waals surface area (Å²) in [7, 11) is 0. The smallest absolute Gasteiger partial charge is 0.255 e. The Hall–Kier alpha value is -1.50. The van der Waals surface area contributed by atoms with E-state index in [0.717, 1.165) is 64.7 Å². The van der Waals surface area contributed by atoms with Crippen LogP contribution in [0.2, 0.25) is 0 Å². The van der Waals surface area contributed by atoms with Gasteiger partial charge in [-0.25, -0.2) is 0 Å². The van der Waals surface area contributed by atoms with E-state index in [4.69, 9.17) is 9.47 Å². The number of likely N-dealkylation sites (tertiary alicyclic amines) is 1. The van der Waals surface area contributed by atoms with Crippen LogP contribution in [0.5, 0.6) is 0 Å². The van der Waals surface area contributed by atoms with E-state index in [2.05, 4.69) is 9.88 Å². The maximum absolute atomic E-state index is 12.7. The predicted molar refractivity (Wildman–Crippen MR) is 93.5 cm³/mol. The van der Waals surface area contributed by atoms with E-state index in [9.17, 15) is 4.79 Å². The second-order valence-electron chi connectivity index (χ2n) is 7.44. The summed E-state index contributed by atoms with van der Waals surface area (Å²) in [5, 5.41) is 0. The van der Waals surface area contributed by atoms with Gasteiger partial charge < -0.3 is 14.4 Å². The van der Waals surface area contributed by atoms with E-state index in [1.807, 2.05) is 24.0 Å². The van der Waals surface area contributed by atoms with Gasteiger partial charge in [-0.1, -0.05) is 0 Å². The molecule has 3 atom stereocenters. The van der Waals surface area contributed by atoms with E-state index in [0.29, 0.717) is 23.5 Å². The minimum absolute atomic E-state index is 0.0996. The van der Waals surface area contributed by atoms with Gasteiger partial charge in [-0.05, 0) is 31.4 Å². The number of fused-ring (bicyclic) bond motifs is 1. The summed E-state index contributed by atoms with van der Waals surface area (Å²) < 4.78 is 11.5. The molecule has 1 amide bonds. The average Bonchev–Trinajstić information content (AvgIpc) is 3.05. The number of hydrogen-bond donors (Lipinski definition) is 0. The maximum atomic E-state index is 12.7. The summed E-state index contributed by atoms with van der Waals surface area (Å²) in [5.74, 6) is 1.13. The number of rotatable bonds is 3. The van der Waals surface area contributed by atoms with Crippen molar-refractivity contribution in [2.75, 3.05) is 52.5 Å². The summed E-state index contributed by atoms with van der Waals surface area (Å²) in [4.78, 5) is 21.4. The van der Waals surface area contributed by atoms with Gasteiger partial charge in [0.05, 0.1) is 31.5 Å². The van der Waals surface area contributed by atoms with Crippen LogP contribution in [0.1, 0.15) is 22.5 Å². The van der Waals surface area contributed by atoms with Crippen molar-refractivity contribution in [1.29, 1.82) is 0 Å². The van der Waals surface area contributed by atoms with Gasteiger partial charge in [0.1, 0.15) is 0 Å². The number of pyridine rings is 1. The molecule has 0 spiro atoms. The number of aryl methyl sites for hydroxylation is 1. The molecule has 0 aliphatic carbocycles. The van der Waals surface area contributed by atoms with Gasteiger partial charge in [0.25, 0.3) is 5.91 Å². The fraction of sp³-hybridized carbons (Fsp3) is 0.684. The van der Waals surface area contributed by atoms with Crippen molar-refractivity contribution in [1.82, 2.24) is 14.8 Å². The number of piperidine rings is 1. The normalized spacial score (nSPS) is 30.3. The first-order chi connectivity index (χ1) is 12.2. The first-order valence-electron chi connectivity index (χ1n) is 9.34. The molecule has 1 aromatic rings. The number of ether oxygens (including phenoxy) is 2. The third-order valence-corrected chi connectivity index (χ3v) is 5.78. The Morgan fingerprint density at radius 1 is 1.28 bits per heavy atom. The van der Waals surface area contributed by atoms with E-state index in [1.165, 1.54) is 0 Å². The lowest BCUT2D eigenvalue weighted by molar-refractivity contribution is -0.00251. The van der Waals surface area contributed by atoms with Gasteiger partial charge in [0, 0.05) is 50.5 Å². The molecule has 0 bridgehead atoms. The van der Waals surface area contributed by atoms with Crippen LogP contribution < -0.4 is 0 Å². The molecule has 0 aromatic carbocycles. The first kappa shape index (κ1) is 16.9. The molecule has 0 radical (unpaired) electrons. The van der Waals surface area contributed by atoms with E-state index in [-0.39, 0.29) is 5.91 Å². The largest absolute Gasteiger partial charge is 0.379 e. The third kappa shape index (κ3) is 3.71. The number of hydrogen-bond acceptors (Lipinski definition) is 5. The van der Waals surface area contributed by atoms with Gasteiger partial charge in [-0.3, -0.25) is 14.7 Å². The molecule has 25 heavy (non-hydrogen) atoms. The molecule has 0 unspecified atom stereocenters. The second kappa shape index (κ2) is 7.40. The zero-order valence-corrected chi connectivity index (χ0v) is 14.9. The summed E-state index contributed by atoms with van der Waals surface area (Å²) in [6.45, 7) is 8.99. The van der Waals surface area contributed by atoms with Crippen LogP contribution in [0.25, 0.3) is 0 Å². The molecule has 136 valence electrons. The highest BCUT2D eigenvalue weighted by atomic mass is 16.5. The van der Waals surface area contributed by atoms with Crippen molar-refractivity contribution < 1.29 is 14.3 Å². The summed E-state index contributed by atoms with van der Waals surface area (Å²) in [6, 6.07) is 3.78. The molecular formula is C19H27N3O3. The average molecular weight is 345 g/mol. The molecule has 3 aliphatic rings. The highest BCUT2D eigenvalue weighted by Gasteiger charge is 2.42. The zero-order chi connectivity index (χ0) is 17.2. The predicted octanol–water partition coefficient (Wildman–Crippen LogP) is 1.20. The SMILES string of the molecule is Cc1ccc(C(=O)N2CC[C@@H]3[C@@H](CO[C@H]3CN3CCOCC3)C2)cn1. The number of nitrogens with zero attached hydrogens (tertiary/aromatic N) is 3. The van der Waals surface area contributed by atoms with E-state index in [1.54, 1.807) is 6.20 Å². The molecule has 3 fully saturated rings. The Bertz CT molecular complexity index is 600. The molecular weight excluding hydrogens is 318 g/mol. The van der Waals surface area contributed by atoms with Gasteiger partial charge in [-0.15, -0.1) is 0 Å². The molecule has 0 saturated carbocycles. The van der Waals surface area contributed by atoms with Gasteiger partial charge in [-0.2, -0.15) is 0 Å². The molecule has 6 heteroatoms. The van der Waals surface area contributed by atoms with Crippen molar-refractivity contribution in [3.8, 4) is 0 Å². The molecule has 4 heterocycles. The standard InChI is InChI=1S/C19H27N3O3/c1-14-2-3-15(10-20-14)19(23)22-5-4-17-16(11-22)13-25-18(17)12-21-6-8-24-9-7-21/h2-3,10,16-18H,4-9,11-13H2,1H3/t16-,17-,18+/m1/s1. The molecule has 0 N–H and O–H groups in total. The Morgan fingerprint density at radius 2 is 2.12 bits per heavy atom. The lowest BCUT2D eigenvalue weighted by Gasteiger charge is -2.37. The first-order valence-corrected chi connectivity index (χ1v) is 9.34. The fourth-order valence-electron chi connectivity index (χ4n) is 4.27. The number of carbonyl (C=O) groups excluding carboxylic acids is 1. The van der Waals surface area contributed by atoms with Crippen molar-refractivity contribution >= 4 is 5.91 Å². The van der Waals surface area contributed by atoms with Crippen LogP contribution in [0, 0.1) is 18.8 Å². The fourth-order valence-corrected chi connectivity index (χ4v) is 4.27. The highest BCUT2D eigenvalue weighted by molar-refractivity contribution is 5.94. The molecule has 1 aromatic heterocycles. The van der Waals surface area contributed by atoms with Crippen molar-refractivity contribution in [2.24, 2.45) is 11.8 Å². The highest BCUT2D eigenvalue weighted by Crippen LogP contribution is 2.35. The van der Waals surface area contributed by atoms with Crippen LogP contribution in [-0.2, 0) is 9.47 Å². The molecule has 3 aliphatic heterocycles. The van der Waals surface area contributed by atoms with Gasteiger partial charge >= 0.3 is 0 Å². The Labute approximate surface area is 149 Å². The number of amides is 1. The molecule has 6 nitrogen and oxygen atoms in total. The van der Waals surface area contributed by atoms with Crippen LogP contribution in [0.15, 0.2) is 18.3 Å². The summed E-state index contributed by atoms with van der Waals surface area (Å²) >= 11 is 0. The topological polar surface area (TPSA) is 54.9 Å². The zero-order valence-electron chi connectivity index (χ0n) is 14.9. The monoisotopic (exact) mass is 345 g/mol. The minimum Gasteiger partial charge on any atom is -0.379 e. The quantitative estimate of drug-likeness (QED) is 0.824. The third-order valence-electron chi connectivity index (χ3n) is 5.78. The molecule has 3 saturated heterocycles. The number of carbonyl (C=O) groups is 1. The summed E-state index contributed by atoms with van der Waals surface area (Å²) in [5.41, 5.74) is 1.62. The lowest BCUT2D eigenvalue weighted by Crippen LogP contribution is -2.47. The summed E-state index contributed by atoms with van der Waals surface area (Å²) in [6.07, 6.45) is 3.03. The van der Waals surface area contributed by atoms with E-state index >= 15 is 0 Å². The van der Waals surface area contributed by atoms with Gasteiger partial charge in [0.15, 0.2) is 0 Å². The van der Waals surface area contributed by atoms with Crippen molar-refractivity contribution in [2.45, 2.75) is 19.4 Å². The second-order valence-corrected chi connectivity index (χ2v) is 7.44. The minimum atomic E-state index is 0.0996. The molecule has 4 rings (SSSR count). The number of morpholine rings is 1.